The molecule has 5 aliphatic rings. The van der Waals surface area contributed by atoms with E-state index < -0.39 is 0 Å². The molecule has 37 heavy (non-hydrogen) atoms. The Morgan fingerprint density at radius 1 is 0.676 bits per heavy atom. The molecule has 0 N–H and O–H groups in total. The number of furan rings is 1. The number of hydrogen-bond acceptors (Lipinski definition) is 7. The first-order chi connectivity index (χ1) is 18.3. The van der Waals surface area contributed by atoms with E-state index in [0.29, 0.717) is 5.71 Å². The number of allylic oxidation sites excluding steroid dienone is 8. The molecule has 3 aromatic rings. The second-order valence-corrected chi connectivity index (χ2v) is 9.57. The monoisotopic (exact) mass is 476 g/mol. The number of aromatic nitrogens is 2. The molecule has 0 atom stereocenters. The van der Waals surface area contributed by atoms with Crippen LogP contribution in [0.1, 0.15) is 5.69 Å². The number of benzene rings is 1. The van der Waals surface area contributed by atoms with Gasteiger partial charge in [0.1, 0.15) is 11.1 Å². The molecule has 0 saturated carbocycles. The van der Waals surface area contributed by atoms with Crippen molar-refractivity contribution in [1.29, 1.82) is 0 Å². The van der Waals surface area contributed by atoms with Gasteiger partial charge in [-0.25, -0.2) is 9.97 Å². The van der Waals surface area contributed by atoms with Gasteiger partial charge in [-0.05, 0) is 66.8 Å². The maximum Gasteiger partial charge on any atom is 0.381 e. The molecule has 172 valence electrons. The Kier molecular flexibility index (Phi) is 4.46. The summed E-state index contributed by atoms with van der Waals surface area (Å²) in [6.45, 7) is 0.176. The van der Waals surface area contributed by atoms with Gasteiger partial charge in [0.25, 0.3) is 0 Å². The average Bonchev–Trinajstić information content (AvgIpc) is 3.34. The summed E-state index contributed by atoms with van der Waals surface area (Å²) in [5.41, 5.74) is 4.03. The fourth-order valence-corrected chi connectivity index (χ4v) is 5.83. The van der Waals surface area contributed by atoms with Crippen LogP contribution in [0, 0.1) is 0 Å². The van der Waals surface area contributed by atoms with Crippen molar-refractivity contribution in [2.75, 3.05) is 0 Å². The lowest BCUT2D eigenvalue weighted by Crippen LogP contribution is -2.73. The highest BCUT2D eigenvalue weighted by molar-refractivity contribution is 6.92. The molecule has 0 radical (unpaired) electrons. The molecule has 5 aliphatic heterocycles. The fourth-order valence-electron chi connectivity index (χ4n) is 5.83. The highest BCUT2D eigenvalue weighted by atomic mass is 16.3. The lowest BCUT2D eigenvalue weighted by atomic mass is 9.41. The van der Waals surface area contributed by atoms with Gasteiger partial charge in [0.15, 0.2) is 0 Å². The molecule has 11 heteroatoms. The van der Waals surface area contributed by atoms with Gasteiger partial charge in [0.05, 0.1) is 11.9 Å². The van der Waals surface area contributed by atoms with Crippen LogP contribution in [0.4, 0.5) is 0 Å². The zero-order valence-electron chi connectivity index (χ0n) is 19.9. The lowest BCUT2D eigenvalue weighted by molar-refractivity contribution is 0.622. The molecule has 2 aromatic heterocycles. The first kappa shape index (κ1) is 20.7. The molecule has 0 bridgehead atoms. The molecule has 0 aliphatic carbocycles. The van der Waals surface area contributed by atoms with Crippen LogP contribution >= 0.6 is 0 Å². The molecule has 0 spiro atoms. The average molecular weight is 476 g/mol. The third kappa shape index (κ3) is 3.13. The molecular formula is C26H20B4N6O. The molecule has 7 heterocycles. The quantitative estimate of drug-likeness (QED) is 0.495. The molecule has 1 aromatic carbocycles. The van der Waals surface area contributed by atoms with Gasteiger partial charge in [-0.1, -0.05) is 54.3 Å². The Bertz CT molecular complexity index is 1640. The summed E-state index contributed by atoms with van der Waals surface area (Å²) in [5.74, 6) is 9.07. The van der Waals surface area contributed by atoms with Gasteiger partial charge in [0.2, 0.25) is 5.71 Å². The van der Waals surface area contributed by atoms with Crippen molar-refractivity contribution in [2.24, 2.45) is 0 Å². The largest absolute Gasteiger partial charge is 0.436 e. The Morgan fingerprint density at radius 2 is 1.30 bits per heavy atom. The summed E-state index contributed by atoms with van der Waals surface area (Å²) in [5, 5.41) is 0.981. The van der Waals surface area contributed by atoms with E-state index in [2.05, 4.69) is 115 Å². The summed E-state index contributed by atoms with van der Waals surface area (Å²) in [4.78, 5) is 9.63. The maximum atomic E-state index is 5.91. The van der Waals surface area contributed by atoms with Crippen LogP contribution in [-0.4, -0.2) is 56.8 Å². The van der Waals surface area contributed by atoms with Crippen LogP contribution in [0.2, 0.25) is 0 Å². The first-order valence-electron chi connectivity index (χ1n) is 12.5. The van der Waals surface area contributed by atoms with Gasteiger partial charge in [-0.2, -0.15) is 0 Å². The highest BCUT2D eigenvalue weighted by Crippen LogP contribution is 2.32. The van der Waals surface area contributed by atoms with Gasteiger partial charge < -0.3 is 23.3 Å². The van der Waals surface area contributed by atoms with E-state index in [-0.39, 0.29) is 27.9 Å². The Hall–Kier alpha value is -4.52. The standard InChI is InChI=1S/C26H20B4N6O/c1-2-10-24-22(9-1)25-26(37-24)31-20-23(32-25)21-11-18-36-29-14-4-7-16-34(29)27-12-3-6-15-33(27)28-13-5-8-17-35(28)30(36)19-21/h1-20H. The van der Waals surface area contributed by atoms with E-state index in [1.54, 1.807) is 0 Å². The normalized spacial score (nSPS) is 19.4. The summed E-state index contributed by atoms with van der Waals surface area (Å²) in [6.07, 6.45) is 25.5. The van der Waals surface area contributed by atoms with E-state index in [9.17, 15) is 0 Å². The minimum absolute atomic E-state index is 0.0336. The summed E-state index contributed by atoms with van der Waals surface area (Å²) >= 11 is 0. The van der Waals surface area contributed by atoms with Gasteiger partial charge in [-0.3, -0.25) is 0 Å². The van der Waals surface area contributed by atoms with Gasteiger partial charge >= 0.3 is 27.9 Å². The second kappa shape index (κ2) is 8.00. The minimum Gasteiger partial charge on any atom is -0.436 e. The van der Waals surface area contributed by atoms with E-state index in [0.717, 1.165) is 27.8 Å². The number of hydrogen-bond donors (Lipinski definition) is 0. The third-order valence-electron chi connectivity index (χ3n) is 7.54. The van der Waals surface area contributed by atoms with Crippen molar-refractivity contribution in [3.63, 3.8) is 0 Å². The third-order valence-corrected chi connectivity index (χ3v) is 7.54. The van der Waals surface area contributed by atoms with Crippen LogP contribution in [0.25, 0.3) is 27.8 Å². The van der Waals surface area contributed by atoms with Crippen LogP contribution in [-0.2, 0) is 0 Å². The van der Waals surface area contributed by atoms with Crippen molar-refractivity contribution >= 4 is 55.7 Å². The zero-order chi connectivity index (χ0) is 24.3. The summed E-state index contributed by atoms with van der Waals surface area (Å²) in [7, 11) is 0. The smallest absolute Gasteiger partial charge is 0.381 e. The molecule has 8 rings (SSSR count). The lowest BCUT2D eigenvalue weighted by Gasteiger charge is -2.53. The summed E-state index contributed by atoms with van der Waals surface area (Å²) < 4.78 is 15.5. The molecule has 7 nitrogen and oxygen atoms in total. The molecule has 0 amide bonds. The predicted molar refractivity (Wildman–Crippen MR) is 152 cm³/mol. The maximum absolute atomic E-state index is 5.91. The zero-order valence-corrected chi connectivity index (χ0v) is 19.9. The van der Waals surface area contributed by atoms with Crippen molar-refractivity contribution in [3.05, 3.63) is 127 Å². The van der Waals surface area contributed by atoms with E-state index in [4.69, 9.17) is 9.40 Å². The topological polar surface area (TPSA) is 51.9 Å². The van der Waals surface area contributed by atoms with E-state index in [1.807, 2.05) is 30.5 Å². The van der Waals surface area contributed by atoms with Crippen molar-refractivity contribution in [2.45, 2.75) is 0 Å². The molecular weight excluding hydrogens is 456 g/mol. The number of nitrogens with zero attached hydrogens (tertiary/aromatic N) is 6. The van der Waals surface area contributed by atoms with Gasteiger partial charge in [0, 0.05) is 5.39 Å². The number of para-hydroxylation sites is 1. The predicted octanol–water partition coefficient (Wildman–Crippen LogP) is 3.87. The molecule has 1 saturated heterocycles. The summed E-state index contributed by atoms with van der Waals surface area (Å²) in [6, 6.07) is 7.96. The molecule has 1 fully saturated rings. The highest BCUT2D eigenvalue weighted by Gasteiger charge is 2.49. The van der Waals surface area contributed by atoms with Crippen LogP contribution in [0.5, 0.6) is 0 Å². The van der Waals surface area contributed by atoms with Crippen molar-refractivity contribution in [3.8, 4) is 0 Å². The Labute approximate surface area is 216 Å². The second-order valence-electron chi connectivity index (χ2n) is 9.57. The van der Waals surface area contributed by atoms with Crippen molar-refractivity contribution in [1.82, 2.24) is 28.9 Å². The van der Waals surface area contributed by atoms with Gasteiger partial charge in [-0.15, -0.1) is 0 Å². The Morgan fingerprint density at radius 3 is 2.00 bits per heavy atom. The first-order valence-corrected chi connectivity index (χ1v) is 12.5. The van der Waals surface area contributed by atoms with Crippen LogP contribution in [0.15, 0.2) is 126 Å². The fraction of sp³-hybridized carbons (Fsp3) is 0. The minimum atomic E-state index is -0.0336. The van der Waals surface area contributed by atoms with E-state index in [1.165, 1.54) is 0 Å². The number of rotatable bonds is 1. The SMILES string of the molecule is C1=CB2N(C=C1)B1C=CC=CN1B1C=C(c3cnc4oc5ccccc5c4n3)C=CN1B1C=CC=CN21. The van der Waals surface area contributed by atoms with E-state index >= 15 is 0 Å². The molecule has 0 unspecified atom stereocenters. The Balaban J connectivity index is 1.26. The van der Waals surface area contributed by atoms with Crippen LogP contribution in [0.3, 0.4) is 0 Å². The number of fused-ring (bicyclic) bond motifs is 11. The van der Waals surface area contributed by atoms with Crippen LogP contribution < -0.4 is 0 Å². The van der Waals surface area contributed by atoms with Crippen molar-refractivity contribution < 1.29 is 4.42 Å².